The fourth-order valence-electron chi connectivity index (χ4n) is 2.12. The van der Waals surface area contributed by atoms with Crippen molar-refractivity contribution < 1.29 is 9.84 Å². The molecule has 0 heterocycles. The summed E-state index contributed by atoms with van der Waals surface area (Å²) in [5, 5.41) is 9.89. The van der Waals surface area contributed by atoms with E-state index < -0.39 is 0 Å². The van der Waals surface area contributed by atoms with Gasteiger partial charge in [0.15, 0.2) is 0 Å². The van der Waals surface area contributed by atoms with Crippen LogP contribution in [0.2, 0.25) is 0 Å². The van der Waals surface area contributed by atoms with Crippen LogP contribution < -0.4 is 0 Å². The summed E-state index contributed by atoms with van der Waals surface area (Å²) in [6.45, 7) is 8.16. The van der Waals surface area contributed by atoms with Gasteiger partial charge >= 0.3 is 0 Å². The number of unbranched alkanes of at least 4 members (excludes halogenated alkanes) is 6. The molecule has 118 valence electrons. The maximum atomic E-state index is 9.89. The highest BCUT2D eigenvalue weighted by Crippen LogP contribution is 2.12. The Morgan fingerprint density at radius 3 is 2.35 bits per heavy atom. The van der Waals surface area contributed by atoms with Gasteiger partial charge in [-0.05, 0) is 25.3 Å². The second kappa shape index (κ2) is 13.4. The summed E-state index contributed by atoms with van der Waals surface area (Å²) in [7, 11) is 1.68. The van der Waals surface area contributed by atoms with Crippen LogP contribution in [0, 0.1) is 0 Å². The second-order valence-electron chi connectivity index (χ2n) is 5.65. The zero-order valence-corrected chi connectivity index (χ0v) is 13.7. The molecule has 0 aliphatic rings. The summed E-state index contributed by atoms with van der Waals surface area (Å²) >= 11 is 0. The molecular weight excluding hydrogens is 248 g/mol. The molecule has 0 bridgehead atoms. The first-order valence-corrected chi connectivity index (χ1v) is 8.18. The van der Waals surface area contributed by atoms with Crippen LogP contribution in [0.25, 0.3) is 0 Å². The van der Waals surface area contributed by atoms with Gasteiger partial charge in [-0.15, -0.1) is 0 Å². The number of aliphatic hydroxyl groups is 1. The summed E-state index contributed by atoms with van der Waals surface area (Å²) in [6.07, 6.45) is 14.5. The van der Waals surface area contributed by atoms with Crippen molar-refractivity contribution in [1.82, 2.24) is 0 Å². The number of aliphatic hydroxyl groups excluding tert-OH is 1. The lowest BCUT2D eigenvalue weighted by molar-refractivity contribution is 0.149. The minimum Gasteiger partial charge on any atom is -0.393 e. The predicted molar refractivity (Wildman–Crippen MR) is 88.0 cm³/mol. The molecule has 0 amide bonds. The van der Waals surface area contributed by atoms with E-state index in [4.69, 9.17) is 4.74 Å². The van der Waals surface area contributed by atoms with E-state index in [1.165, 1.54) is 38.5 Å². The van der Waals surface area contributed by atoms with Gasteiger partial charge in [-0.25, -0.2) is 0 Å². The van der Waals surface area contributed by atoms with E-state index >= 15 is 0 Å². The molecule has 0 rings (SSSR count). The molecule has 2 atom stereocenters. The minimum absolute atomic E-state index is 0.0477. The van der Waals surface area contributed by atoms with Gasteiger partial charge in [0.05, 0.1) is 12.2 Å². The van der Waals surface area contributed by atoms with Crippen LogP contribution >= 0.6 is 0 Å². The molecule has 0 aromatic rings. The molecule has 0 spiro atoms. The average molecular weight is 282 g/mol. The van der Waals surface area contributed by atoms with E-state index in [-0.39, 0.29) is 12.2 Å². The van der Waals surface area contributed by atoms with Crippen molar-refractivity contribution in [2.75, 3.05) is 7.11 Å². The predicted octanol–water partition coefficient (Wildman–Crippen LogP) is 5.03. The Hall–Kier alpha value is -0.600. The normalized spacial score (nSPS) is 14.6. The zero-order valence-electron chi connectivity index (χ0n) is 13.7. The van der Waals surface area contributed by atoms with Gasteiger partial charge in [-0.3, -0.25) is 0 Å². The van der Waals surface area contributed by atoms with Crippen molar-refractivity contribution in [2.24, 2.45) is 0 Å². The maximum Gasteiger partial charge on any atom is 0.0787 e. The summed E-state index contributed by atoms with van der Waals surface area (Å²) < 4.78 is 5.18. The van der Waals surface area contributed by atoms with Gasteiger partial charge in [-0.2, -0.15) is 0 Å². The van der Waals surface area contributed by atoms with Crippen molar-refractivity contribution in [3.8, 4) is 0 Å². The van der Waals surface area contributed by atoms with Crippen molar-refractivity contribution in [3.63, 3.8) is 0 Å². The topological polar surface area (TPSA) is 29.5 Å². The molecular formula is C18H34O2. The molecule has 2 unspecified atom stereocenters. The van der Waals surface area contributed by atoms with E-state index in [1.807, 2.05) is 19.1 Å². The van der Waals surface area contributed by atoms with Gasteiger partial charge in [0.2, 0.25) is 0 Å². The second-order valence-corrected chi connectivity index (χ2v) is 5.65. The van der Waals surface area contributed by atoms with Crippen LogP contribution in [0.4, 0.5) is 0 Å². The Kier molecular flexibility index (Phi) is 13.0. The Balaban J connectivity index is 3.52. The van der Waals surface area contributed by atoms with Crippen molar-refractivity contribution in [3.05, 3.63) is 24.3 Å². The highest BCUT2D eigenvalue weighted by atomic mass is 16.5. The number of rotatable bonds is 13. The molecule has 0 radical (unpaired) electrons. The molecule has 0 saturated carbocycles. The fourth-order valence-corrected chi connectivity index (χ4v) is 2.12. The third-order valence-electron chi connectivity index (χ3n) is 3.76. The van der Waals surface area contributed by atoms with Gasteiger partial charge in [0, 0.05) is 7.11 Å². The number of ether oxygens (including phenoxy) is 1. The van der Waals surface area contributed by atoms with E-state index in [0.717, 1.165) is 18.4 Å². The highest BCUT2D eigenvalue weighted by Gasteiger charge is 2.03. The summed E-state index contributed by atoms with van der Waals surface area (Å²) in [6, 6.07) is 0. The van der Waals surface area contributed by atoms with Crippen LogP contribution in [0.5, 0.6) is 0 Å². The molecule has 1 N–H and O–H groups in total. The molecule has 0 aromatic heterocycles. The molecule has 2 heteroatoms. The Bertz CT molecular complexity index is 258. The van der Waals surface area contributed by atoms with Crippen molar-refractivity contribution >= 4 is 0 Å². The van der Waals surface area contributed by atoms with E-state index in [0.29, 0.717) is 6.42 Å². The minimum atomic E-state index is -0.215. The largest absolute Gasteiger partial charge is 0.393 e. The Morgan fingerprint density at radius 2 is 1.75 bits per heavy atom. The average Bonchev–Trinajstić information content (AvgIpc) is 2.45. The van der Waals surface area contributed by atoms with Crippen LogP contribution in [0.1, 0.15) is 71.6 Å². The first-order chi connectivity index (χ1) is 9.61. The fraction of sp³-hybridized carbons (Fsp3) is 0.778. The summed E-state index contributed by atoms with van der Waals surface area (Å²) in [4.78, 5) is 0. The van der Waals surface area contributed by atoms with Gasteiger partial charge < -0.3 is 9.84 Å². The number of methoxy groups -OCH3 is 1. The van der Waals surface area contributed by atoms with E-state index in [9.17, 15) is 5.11 Å². The van der Waals surface area contributed by atoms with E-state index in [1.54, 1.807) is 7.11 Å². The third-order valence-corrected chi connectivity index (χ3v) is 3.76. The van der Waals surface area contributed by atoms with Crippen LogP contribution in [-0.4, -0.2) is 24.4 Å². The molecule has 2 nitrogen and oxygen atoms in total. The Morgan fingerprint density at radius 1 is 1.15 bits per heavy atom. The van der Waals surface area contributed by atoms with Crippen LogP contribution in [0.15, 0.2) is 24.3 Å². The van der Waals surface area contributed by atoms with Crippen molar-refractivity contribution in [2.45, 2.75) is 83.8 Å². The van der Waals surface area contributed by atoms with Gasteiger partial charge in [0.25, 0.3) is 0 Å². The summed E-state index contributed by atoms with van der Waals surface area (Å²) in [5.74, 6) is 0. The summed E-state index contributed by atoms with van der Waals surface area (Å²) in [5.41, 5.74) is 0.954. The third kappa shape index (κ3) is 11.2. The molecule has 0 fully saturated rings. The monoisotopic (exact) mass is 282 g/mol. The van der Waals surface area contributed by atoms with Crippen molar-refractivity contribution in [1.29, 1.82) is 0 Å². The Labute approximate surface area is 125 Å². The van der Waals surface area contributed by atoms with E-state index in [2.05, 4.69) is 13.5 Å². The first kappa shape index (κ1) is 19.4. The molecule has 0 aromatic carbocycles. The lowest BCUT2D eigenvalue weighted by Crippen LogP contribution is -2.07. The SMILES string of the molecule is C=C(/C=C/CC(O)CCCCCCCCC)C(C)OC. The lowest BCUT2D eigenvalue weighted by atomic mass is 10.0. The number of hydrogen-bond donors (Lipinski definition) is 1. The van der Waals surface area contributed by atoms with Gasteiger partial charge in [0.1, 0.15) is 0 Å². The molecule has 0 saturated heterocycles. The highest BCUT2D eigenvalue weighted by molar-refractivity contribution is 5.18. The molecule has 0 aliphatic carbocycles. The maximum absolute atomic E-state index is 9.89. The zero-order chi connectivity index (χ0) is 15.2. The molecule has 0 aliphatic heterocycles. The van der Waals surface area contributed by atoms with Gasteiger partial charge in [-0.1, -0.05) is 70.6 Å². The quantitative estimate of drug-likeness (QED) is 0.379. The van der Waals surface area contributed by atoms with Crippen LogP contribution in [0.3, 0.4) is 0 Å². The lowest BCUT2D eigenvalue weighted by Gasteiger charge is -2.10. The number of hydrogen-bond acceptors (Lipinski definition) is 2. The van der Waals surface area contributed by atoms with Crippen LogP contribution in [-0.2, 0) is 4.74 Å². The standard InChI is InChI=1S/C18H34O2/c1-5-6-7-8-9-10-11-14-18(19)15-12-13-16(2)17(3)20-4/h12-13,17-19H,2,5-11,14-15H2,1,3-4H3/b13-12+. The smallest absolute Gasteiger partial charge is 0.0787 e. The first-order valence-electron chi connectivity index (χ1n) is 8.18. The molecule has 20 heavy (non-hydrogen) atoms.